The number of nitrogens with zero attached hydrogens (tertiary/aromatic N) is 3. The molecular weight excluding hydrogens is 266 g/mol. The van der Waals surface area contributed by atoms with E-state index in [1.54, 1.807) is 0 Å². The van der Waals surface area contributed by atoms with Crippen molar-refractivity contribution < 1.29 is 4.79 Å². The number of rotatable bonds is 3. The van der Waals surface area contributed by atoms with Crippen molar-refractivity contribution >= 4 is 17.5 Å². The quantitative estimate of drug-likeness (QED) is 0.882. The van der Waals surface area contributed by atoms with Gasteiger partial charge in [-0.05, 0) is 13.3 Å². The zero-order chi connectivity index (χ0) is 15.8. The molecule has 0 radical (unpaired) electrons. The van der Waals surface area contributed by atoms with E-state index < -0.39 is 5.41 Å². The molecule has 0 aromatic carbocycles. The molecule has 1 aliphatic heterocycles. The summed E-state index contributed by atoms with van der Waals surface area (Å²) in [6.07, 6.45) is 0.756. The van der Waals surface area contributed by atoms with Gasteiger partial charge in [-0.2, -0.15) is 0 Å². The second kappa shape index (κ2) is 5.16. The Balaban J connectivity index is 2.35. The highest BCUT2D eigenvalue weighted by Gasteiger charge is 2.39. The topological polar surface area (TPSA) is 84.1 Å². The van der Waals surface area contributed by atoms with Crippen molar-refractivity contribution in [3.8, 4) is 0 Å². The molecule has 2 heterocycles. The van der Waals surface area contributed by atoms with Gasteiger partial charge in [-0.15, -0.1) is 0 Å². The Hall–Kier alpha value is -1.85. The van der Waals surface area contributed by atoms with Crippen molar-refractivity contribution in [1.29, 1.82) is 0 Å². The van der Waals surface area contributed by atoms with Gasteiger partial charge >= 0.3 is 0 Å². The van der Waals surface area contributed by atoms with Crippen LogP contribution in [0.2, 0.25) is 0 Å². The van der Waals surface area contributed by atoms with Crippen molar-refractivity contribution in [2.24, 2.45) is 11.1 Å². The minimum atomic E-state index is -0.480. The van der Waals surface area contributed by atoms with E-state index in [-0.39, 0.29) is 11.3 Å². The SMILES string of the molecule is CNc1cc(N2CCC(C)(C(N)=O)C2)nc(C(C)(C)C)n1. The fraction of sp³-hybridized carbons (Fsp3) is 0.667. The van der Waals surface area contributed by atoms with E-state index in [2.05, 4.69) is 41.0 Å². The van der Waals surface area contributed by atoms with Crippen molar-refractivity contribution in [2.75, 3.05) is 30.4 Å². The molecule has 6 nitrogen and oxygen atoms in total. The van der Waals surface area contributed by atoms with Gasteiger partial charge in [-0.1, -0.05) is 20.8 Å². The van der Waals surface area contributed by atoms with Gasteiger partial charge in [0.25, 0.3) is 0 Å². The van der Waals surface area contributed by atoms with Crippen LogP contribution in [0.3, 0.4) is 0 Å². The predicted octanol–water partition coefficient (Wildman–Crippen LogP) is 1.52. The Morgan fingerprint density at radius 1 is 1.43 bits per heavy atom. The molecule has 1 aromatic heterocycles. The first-order valence-electron chi connectivity index (χ1n) is 7.28. The van der Waals surface area contributed by atoms with E-state index in [4.69, 9.17) is 5.73 Å². The van der Waals surface area contributed by atoms with Crippen LogP contribution in [-0.2, 0) is 10.2 Å². The fourth-order valence-corrected chi connectivity index (χ4v) is 2.42. The first-order valence-corrected chi connectivity index (χ1v) is 7.28. The van der Waals surface area contributed by atoms with Gasteiger partial charge in [-0.25, -0.2) is 9.97 Å². The van der Waals surface area contributed by atoms with Crippen LogP contribution in [0.25, 0.3) is 0 Å². The lowest BCUT2D eigenvalue weighted by Gasteiger charge is -2.24. The van der Waals surface area contributed by atoms with E-state index in [1.807, 2.05) is 20.0 Å². The third-order valence-corrected chi connectivity index (χ3v) is 4.03. The van der Waals surface area contributed by atoms with Crippen molar-refractivity contribution in [2.45, 2.75) is 39.5 Å². The normalized spacial score (nSPS) is 22.4. The van der Waals surface area contributed by atoms with Crippen LogP contribution < -0.4 is 16.0 Å². The van der Waals surface area contributed by atoms with Gasteiger partial charge in [0.15, 0.2) is 0 Å². The van der Waals surface area contributed by atoms with Crippen molar-refractivity contribution in [3.63, 3.8) is 0 Å². The van der Waals surface area contributed by atoms with Gasteiger partial charge in [0.05, 0.1) is 5.41 Å². The number of nitrogens with two attached hydrogens (primary N) is 1. The van der Waals surface area contributed by atoms with Gasteiger partial charge < -0.3 is 16.0 Å². The zero-order valence-electron chi connectivity index (χ0n) is 13.5. The third-order valence-electron chi connectivity index (χ3n) is 4.03. The van der Waals surface area contributed by atoms with Crippen LogP contribution in [0, 0.1) is 5.41 Å². The van der Waals surface area contributed by atoms with E-state index >= 15 is 0 Å². The molecule has 0 bridgehead atoms. The van der Waals surface area contributed by atoms with E-state index in [0.717, 1.165) is 30.4 Å². The number of amides is 1. The standard InChI is InChI=1S/C15H25N5O/c1-14(2,3)13-18-10(17-5)8-11(19-13)20-7-6-15(4,9-20)12(16)21/h8H,6-7,9H2,1-5H3,(H2,16,21)(H,17,18,19). The average Bonchev–Trinajstić information content (AvgIpc) is 2.81. The Kier molecular flexibility index (Phi) is 3.82. The Morgan fingerprint density at radius 3 is 2.57 bits per heavy atom. The van der Waals surface area contributed by atoms with Gasteiger partial charge in [-0.3, -0.25) is 4.79 Å². The van der Waals surface area contributed by atoms with Crippen LogP contribution in [0.1, 0.15) is 39.9 Å². The summed E-state index contributed by atoms with van der Waals surface area (Å²) in [5.74, 6) is 2.18. The predicted molar refractivity (Wildman–Crippen MR) is 84.4 cm³/mol. The summed E-state index contributed by atoms with van der Waals surface area (Å²) in [7, 11) is 1.84. The number of carbonyl (C=O) groups excluding carboxylic acids is 1. The smallest absolute Gasteiger partial charge is 0.225 e. The fourth-order valence-electron chi connectivity index (χ4n) is 2.42. The molecule has 0 aliphatic carbocycles. The van der Waals surface area contributed by atoms with Crippen LogP contribution >= 0.6 is 0 Å². The van der Waals surface area contributed by atoms with Crippen LogP contribution in [-0.4, -0.2) is 36.0 Å². The molecule has 3 N–H and O–H groups in total. The van der Waals surface area contributed by atoms with Crippen LogP contribution in [0.5, 0.6) is 0 Å². The number of hydrogen-bond donors (Lipinski definition) is 2. The molecule has 1 aliphatic rings. The second-order valence-electron chi connectivity index (χ2n) is 7.03. The largest absolute Gasteiger partial charge is 0.373 e. The van der Waals surface area contributed by atoms with Gasteiger partial charge in [0.1, 0.15) is 17.5 Å². The Bertz CT molecular complexity index is 551. The van der Waals surface area contributed by atoms with E-state index in [1.165, 1.54) is 0 Å². The minimum Gasteiger partial charge on any atom is -0.373 e. The summed E-state index contributed by atoms with van der Waals surface area (Å²) >= 11 is 0. The molecule has 1 unspecified atom stereocenters. The zero-order valence-corrected chi connectivity index (χ0v) is 13.5. The highest BCUT2D eigenvalue weighted by Crippen LogP contribution is 2.33. The molecule has 116 valence electrons. The lowest BCUT2D eigenvalue weighted by molar-refractivity contribution is -0.125. The van der Waals surface area contributed by atoms with E-state index in [0.29, 0.717) is 6.54 Å². The molecule has 1 atom stereocenters. The number of aromatic nitrogens is 2. The first-order chi connectivity index (χ1) is 9.65. The molecule has 1 amide bonds. The van der Waals surface area contributed by atoms with E-state index in [9.17, 15) is 4.79 Å². The maximum Gasteiger partial charge on any atom is 0.225 e. The highest BCUT2D eigenvalue weighted by molar-refractivity contribution is 5.82. The summed E-state index contributed by atoms with van der Waals surface area (Å²) in [6, 6.07) is 1.92. The minimum absolute atomic E-state index is 0.131. The summed E-state index contributed by atoms with van der Waals surface area (Å²) in [5, 5.41) is 3.08. The Labute approximate surface area is 126 Å². The number of hydrogen-bond acceptors (Lipinski definition) is 5. The highest BCUT2D eigenvalue weighted by atomic mass is 16.1. The number of nitrogens with one attached hydrogen (secondary N) is 1. The molecular formula is C15H25N5O. The summed E-state index contributed by atoms with van der Waals surface area (Å²) in [5.41, 5.74) is 4.91. The molecule has 1 fully saturated rings. The molecule has 6 heteroatoms. The third kappa shape index (κ3) is 3.09. The summed E-state index contributed by atoms with van der Waals surface area (Å²) in [6.45, 7) is 9.56. The molecule has 1 saturated heterocycles. The lowest BCUT2D eigenvalue weighted by Crippen LogP contribution is -2.37. The van der Waals surface area contributed by atoms with Gasteiger partial charge in [0, 0.05) is 31.6 Å². The molecule has 2 rings (SSSR count). The summed E-state index contributed by atoms with van der Waals surface area (Å²) in [4.78, 5) is 22.9. The maximum atomic E-state index is 11.6. The molecule has 0 saturated carbocycles. The second-order valence-corrected chi connectivity index (χ2v) is 7.03. The number of carbonyl (C=O) groups is 1. The van der Waals surface area contributed by atoms with Gasteiger partial charge in [0.2, 0.25) is 5.91 Å². The first kappa shape index (κ1) is 15.5. The van der Waals surface area contributed by atoms with Crippen LogP contribution in [0.15, 0.2) is 6.07 Å². The van der Waals surface area contributed by atoms with Crippen LogP contribution in [0.4, 0.5) is 11.6 Å². The maximum absolute atomic E-state index is 11.6. The van der Waals surface area contributed by atoms with Crippen molar-refractivity contribution in [1.82, 2.24) is 9.97 Å². The molecule has 0 spiro atoms. The Morgan fingerprint density at radius 2 is 2.10 bits per heavy atom. The summed E-state index contributed by atoms with van der Waals surface area (Å²) < 4.78 is 0. The molecule has 21 heavy (non-hydrogen) atoms. The number of primary amides is 1. The monoisotopic (exact) mass is 291 g/mol. The number of anilines is 2. The lowest BCUT2D eigenvalue weighted by atomic mass is 9.89. The van der Waals surface area contributed by atoms with Crippen molar-refractivity contribution in [3.05, 3.63) is 11.9 Å². The average molecular weight is 291 g/mol. The molecule has 1 aromatic rings.